The van der Waals surface area contributed by atoms with Crippen LogP contribution in [0.5, 0.6) is 0 Å². The van der Waals surface area contributed by atoms with Gasteiger partial charge in [-0.25, -0.2) is 9.98 Å². The molecule has 1 fully saturated rings. The summed E-state index contributed by atoms with van der Waals surface area (Å²) < 4.78 is 0. The monoisotopic (exact) mass is 291 g/mol. The fourth-order valence-electron chi connectivity index (χ4n) is 1.70. The van der Waals surface area contributed by atoms with Gasteiger partial charge in [-0.05, 0) is 12.1 Å². The summed E-state index contributed by atoms with van der Waals surface area (Å²) in [6.07, 6.45) is 2.96. The Morgan fingerprint density at radius 3 is 3.00 bits per heavy atom. The zero-order valence-electron chi connectivity index (χ0n) is 10.6. The lowest BCUT2D eigenvalue weighted by molar-refractivity contribution is -0.139. The van der Waals surface area contributed by atoms with Crippen molar-refractivity contribution in [2.75, 3.05) is 6.54 Å². The molecule has 7 heteroatoms. The van der Waals surface area contributed by atoms with E-state index in [0.717, 1.165) is 11.8 Å². The molecule has 0 aliphatic carbocycles. The quantitative estimate of drug-likeness (QED) is 0.834. The lowest BCUT2D eigenvalue weighted by atomic mass is 10.3. The Morgan fingerprint density at radius 2 is 2.40 bits per heavy atom. The van der Waals surface area contributed by atoms with Crippen LogP contribution in [0.15, 0.2) is 42.0 Å². The Balaban J connectivity index is 2.26. The largest absolute Gasteiger partial charge is 0.481 e. The molecule has 1 amide bonds. The highest BCUT2D eigenvalue weighted by molar-refractivity contribution is 8.15. The molecular formula is C13H13N3O3S. The molecule has 6 nitrogen and oxygen atoms in total. The fraction of sp³-hybridized carbons (Fsp3) is 0.231. The number of hydrogen-bond donors (Lipinski definition) is 1. The van der Waals surface area contributed by atoms with Crippen molar-refractivity contribution in [3.8, 4) is 0 Å². The molecule has 104 valence electrons. The predicted molar refractivity (Wildman–Crippen MR) is 76.9 cm³/mol. The Hall–Kier alpha value is -2.15. The molecule has 1 N–H and O–H groups in total. The second-order valence-electron chi connectivity index (χ2n) is 4.02. The molecule has 1 saturated heterocycles. The van der Waals surface area contributed by atoms with Crippen LogP contribution in [-0.4, -0.2) is 43.8 Å². The molecule has 1 aromatic heterocycles. The highest BCUT2D eigenvalue weighted by Gasteiger charge is 2.38. The first-order chi connectivity index (χ1) is 9.61. The van der Waals surface area contributed by atoms with Gasteiger partial charge in [-0.15, -0.1) is 6.58 Å². The Morgan fingerprint density at radius 1 is 1.60 bits per heavy atom. The number of nitrogens with zero attached hydrogens (tertiary/aromatic N) is 3. The lowest BCUT2D eigenvalue weighted by Gasteiger charge is -2.13. The van der Waals surface area contributed by atoms with Gasteiger partial charge < -0.3 is 5.11 Å². The molecule has 2 rings (SSSR count). The van der Waals surface area contributed by atoms with Gasteiger partial charge in [-0.1, -0.05) is 23.9 Å². The summed E-state index contributed by atoms with van der Waals surface area (Å²) in [4.78, 5) is 32.7. The number of carboxylic acids is 1. The van der Waals surface area contributed by atoms with Gasteiger partial charge in [0, 0.05) is 12.7 Å². The van der Waals surface area contributed by atoms with Crippen molar-refractivity contribution in [1.82, 2.24) is 9.88 Å². The van der Waals surface area contributed by atoms with Crippen LogP contribution in [0.1, 0.15) is 6.42 Å². The maximum Gasteiger partial charge on any atom is 0.305 e. The van der Waals surface area contributed by atoms with Crippen molar-refractivity contribution in [2.24, 2.45) is 4.99 Å². The standard InChI is InChI=1S/C13H13N3O3S/c1-2-7-16-12(19)9(8-11(17)18)20-13(16)15-10-5-3-4-6-14-10/h2-6,9H,1,7-8H2,(H,17,18). The molecular weight excluding hydrogens is 278 g/mol. The number of pyridine rings is 1. The summed E-state index contributed by atoms with van der Waals surface area (Å²) >= 11 is 1.15. The fourth-order valence-corrected chi connectivity index (χ4v) is 2.85. The van der Waals surface area contributed by atoms with Crippen molar-refractivity contribution in [2.45, 2.75) is 11.7 Å². The van der Waals surface area contributed by atoms with E-state index in [0.29, 0.717) is 17.5 Å². The maximum absolute atomic E-state index is 12.1. The summed E-state index contributed by atoms with van der Waals surface area (Å²) in [6.45, 7) is 3.90. The third kappa shape index (κ3) is 3.24. The Bertz CT molecular complexity index is 559. The molecule has 0 radical (unpaired) electrons. The van der Waals surface area contributed by atoms with E-state index in [9.17, 15) is 9.59 Å². The molecule has 1 aliphatic rings. The summed E-state index contributed by atoms with van der Waals surface area (Å²) in [5.74, 6) is -0.784. The molecule has 0 aromatic carbocycles. The van der Waals surface area contributed by atoms with E-state index in [-0.39, 0.29) is 12.3 Å². The van der Waals surface area contributed by atoms with Gasteiger partial charge in [0.05, 0.1) is 6.42 Å². The smallest absolute Gasteiger partial charge is 0.305 e. The molecule has 0 saturated carbocycles. The summed E-state index contributed by atoms with van der Waals surface area (Å²) in [7, 11) is 0. The predicted octanol–water partition coefficient (Wildman–Crippen LogP) is 1.67. The van der Waals surface area contributed by atoms with E-state index in [1.54, 1.807) is 30.5 Å². The summed E-state index contributed by atoms with van der Waals surface area (Å²) in [5.41, 5.74) is 0. The number of aliphatic carboxylic acids is 1. The number of aliphatic imine (C=N–C) groups is 1. The minimum absolute atomic E-state index is 0.224. The molecule has 0 bridgehead atoms. The zero-order chi connectivity index (χ0) is 14.5. The van der Waals surface area contributed by atoms with Crippen LogP contribution in [0.25, 0.3) is 0 Å². The lowest BCUT2D eigenvalue weighted by Crippen LogP contribution is -2.32. The van der Waals surface area contributed by atoms with Crippen LogP contribution < -0.4 is 0 Å². The van der Waals surface area contributed by atoms with Gasteiger partial charge in [-0.3, -0.25) is 14.5 Å². The van der Waals surface area contributed by atoms with Crippen LogP contribution in [0.4, 0.5) is 5.82 Å². The molecule has 1 aromatic rings. The number of hydrogen-bond acceptors (Lipinski definition) is 5. The summed E-state index contributed by atoms with van der Waals surface area (Å²) in [5, 5.41) is 8.64. The second-order valence-corrected chi connectivity index (χ2v) is 5.19. The number of carbonyl (C=O) groups is 2. The van der Waals surface area contributed by atoms with Gasteiger partial charge in [0.25, 0.3) is 0 Å². The van der Waals surface area contributed by atoms with Gasteiger partial charge >= 0.3 is 5.97 Å². The third-order valence-electron chi connectivity index (χ3n) is 2.55. The normalized spacial score (nSPS) is 20.4. The van der Waals surface area contributed by atoms with Crippen LogP contribution in [0, 0.1) is 0 Å². The van der Waals surface area contributed by atoms with E-state index in [1.165, 1.54) is 4.90 Å². The number of amidine groups is 1. The average molecular weight is 291 g/mol. The Kier molecular flexibility index (Phi) is 4.52. The molecule has 0 spiro atoms. The van der Waals surface area contributed by atoms with Crippen LogP contribution in [-0.2, 0) is 9.59 Å². The number of carbonyl (C=O) groups excluding carboxylic acids is 1. The minimum Gasteiger partial charge on any atom is -0.481 e. The maximum atomic E-state index is 12.1. The molecule has 1 atom stereocenters. The molecule has 1 unspecified atom stereocenters. The van der Waals surface area contributed by atoms with Crippen molar-refractivity contribution in [3.63, 3.8) is 0 Å². The molecule has 1 aliphatic heterocycles. The van der Waals surface area contributed by atoms with Gasteiger partial charge in [0.2, 0.25) is 5.91 Å². The Labute approximate surface area is 120 Å². The van der Waals surface area contributed by atoms with E-state index in [2.05, 4.69) is 16.6 Å². The zero-order valence-corrected chi connectivity index (χ0v) is 11.4. The number of carboxylic acid groups (broad SMARTS) is 1. The van der Waals surface area contributed by atoms with E-state index >= 15 is 0 Å². The van der Waals surface area contributed by atoms with Gasteiger partial charge in [0.1, 0.15) is 5.25 Å². The van der Waals surface area contributed by atoms with Crippen molar-refractivity contribution in [3.05, 3.63) is 37.1 Å². The number of rotatable bonds is 5. The van der Waals surface area contributed by atoms with E-state index in [1.807, 2.05) is 0 Å². The van der Waals surface area contributed by atoms with Crippen LogP contribution in [0.2, 0.25) is 0 Å². The van der Waals surface area contributed by atoms with Crippen LogP contribution >= 0.6 is 11.8 Å². The molecule has 20 heavy (non-hydrogen) atoms. The highest BCUT2D eigenvalue weighted by atomic mass is 32.2. The number of amides is 1. The number of aromatic nitrogens is 1. The average Bonchev–Trinajstić information content (AvgIpc) is 2.68. The highest BCUT2D eigenvalue weighted by Crippen LogP contribution is 2.30. The van der Waals surface area contributed by atoms with Crippen molar-refractivity contribution < 1.29 is 14.7 Å². The van der Waals surface area contributed by atoms with E-state index < -0.39 is 11.2 Å². The van der Waals surface area contributed by atoms with Crippen molar-refractivity contribution >= 4 is 34.6 Å². The van der Waals surface area contributed by atoms with E-state index in [4.69, 9.17) is 5.11 Å². The van der Waals surface area contributed by atoms with Gasteiger partial charge in [-0.2, -0.15) is 0 Å². The van der Waals surface area contributed by atoms with Crippen molar-refractivity contribution in [1.29, 1.82) is 0 Å². The summed E-state index contributed by atoms with van der Waals surface area (Å²) in [6, 6.07) is 5.28. The SMILES string of the molecule is C=CCN1C(=O)C(CC(=O)O)SC1=Nc1ccccn1. The first-order valence-electron chi connectivity index (χ1n) is 5.92. The topological polar surface area (TPSA) is 82.9 Å². The minimum atomic E-state index is -1.01. The molecule has 2 heterocycles. The third-order valence-corrected chi connectivity index (χ3v) is 3.73. The first-order valence-corrected chi connectivity index (χ1v) is 6.80. The number of thioether (sulfide) groups is 1. The first kappa shape index (κ1) is 14.3. The second kappa shape index (κ2) is 6.33. The van der Waals surface area contributed by atoms with Crippen LogP contribution in [0.3, 0.4) is 0 Å². The van der Waals surface area contributed by atoms with Gasteiger partial charge in [0.15, 0.2) is 11.0 Å².